The summed E-state index contributed by atoms with van der Waals surface area (Å²) >= 11 is 0. The Morgan fingerprint density at radius 1 is 0.950 bits per heavy atom. The molecule has 1 heteroatoms. The number of hydrogen-bond acceptors (Lipinski definition) is 1. The first-order valence-corrected chi connectivity index (χ1v) is 7.96. The third-order valence-corrected chi connectivity index (χ3v) is 4.27. The summed E-state index contributed by atoms with van der Waals surface area (Å²) in [5, 5.41) is 10.6. The minimum atomic E-state index is -0.415. The fourth-order valence-electron chi connectivity index (χ4n) is 2.84. The highest BCUT2D eigenvalue weighted by Crippen LogP contribution is 2.30. The molecule has 1 aliphatic carbocycles. The zero-order valence-electron chi connectivity index (χ0n) is 13.2. The van der Waals surface area contributed by atoms with Gasteiger partial charge >= 0.3 is 0 Å². The number of aliphatic hydroxyl groups excluding tert-OH is 1. The molecule has 0 radical (unpaired) electrons. The Kier molecular flexibility index (Phi) is 5.04. The van der Waals surface area contributed by atoms with Crippen LogP contribution in [0.2, 0.25) is 0 Å². The van der Waals surface area contributed by atoms with Crippen molar-refractivity contribution in [1.29, 1.82) is 0 Å². The molecule has 2 rings (SSSR count). The highest BCUT2D eigenvalue weighted by molar-refractivity contribution is 5.32. The Balaban J connectivity index is 2.13. The zero-order valence-corrected chi connectivity index (χ0v) is 13.2. The maximum atomic E-state index is 10.6. The van der Waals surface area contributed by atoms with E-state index >= 15 is 0 Å². The van der Waals surface area contributed by atoms with Crippen LogP contribution in [0.1, 0.15) is 76.5 Å². The SMILES string of the molecule is CC(C)(C)c1ccc(C(O)/C2=C/CCCCCC2)cc1. The fraction of sp³-hybridized carbons (Fsp3) is 0.579. The van der Waals surface area contributed by atoms with E-state index in [1.54, 1.807) is 0 Å². The van der Waals surface area contributed by atoms with E-state index < -0.39 is 6.10 Å². The molecule has 0 saturated carbocycles. The van der Waals surface area contributed by atoms with Crippen molar-refractivity contribution in [3.8, 4) is 0 Å². The van der Waals surface area contributed by atoms with E-state index in [2.05, 4.69) is 51.1 Å². The molecule has 0 aromatic heterocycles. The smallest absolute Gasteiger partial charge is 0.100 e. The van der Waals surface area contributed by atoms with Crippen molar-refractivity contribution in [2.24, 2.45) is 0 Å². The first-order valence-electron chi connectivity index (χ1n) is 7.96. The normalized spacial score (nSPS) is 21.5. The average molecular weight is 272 g/mol. The summed E-state index contributed by atoms with van der Waals surface area (Å²) < 4.78 is 0. The minimum Gasteiger partial charge on any atom is -0.384 e. The van der Waals surface area contributed by atoms with Crippen molar-refractivity contribution in [2.45, 2.75) is 70.8 Å². The van der Waals surface area contributed by atoms with Crippen molar-refractivity contribution < 1.29 is 5.11 Å². The molecule has 110 valence electrons. The molecule has 0 spiro atoms. The molecule has 0 heterocycles. The molecular weight excluding hydrogens is 244 g/mol. The Morgan fingerprint density at radius 3 is 2.25 bits per heavy atom. The third-order valence-electron chi connectivity index (χ3n) is 4.27. The molecule has 20 heavy (non-hydrogen) atoms. The highest BCUT2D eigenvalue weighted by Gasteiger charge is 2.17. The van der Waals surface area contributed by atoms with Gasteiger partial charge in [0.2, 0.25) is 0 Å². The summed E-state index contributed by atoms with van der Waals surface area (Å²) in [4.78, 5) is 0. The lowest BCUT2D eigenvalue weighted by Gasteiger charge is -2.21. The Labute approximate surface area is 123 Å². The van der Waals surface area contributed by atoms with Gasteiger partial charge in [0.05, 0.1) is 0 Å². The first-order chi connectivity index (χ1) is 9.48. The number of benzene rings is 1. The van der Waals surface area contributed by atoms with Crippen LogP contribution in [0.5, 0.6) is 0 Å². The summed E-state index contributed by atoms with van der Waals surface area (Å²) in [5.41, 5.74) is 3.74. The molecule has 0 aliphatic heterocycles. The molecule has 0 amide bonds. The monoisotopic (exact) mass is 272 g/mol. The molecule has 1 aromatic rings. The molecule has 1 aromatic carbocycles. The van der Waals surface area contributed by atoms with Gasteiger partial charge in [0.15, 0.2) is 0 Å². The van der Waals surface area contributed by atoms with Gasteiger partial charge < -0.3 is 5.11 Å². The second kappa shape index (κ2) is 6.58. The topological polar surface area (TPSA) is 20.2 Å². The highest BCUT2D eigenvalue weighted by atomic mass is 16.3. The molecule has 0 bridgehead atoms. The molecule has 0 saturated heterocycles. The quantitative estimate of drug-likeness (QED) is 0.724. The van der Waals surface area contributed by atoms with Crippen molar-refractivity contribution in [1.82, 2.24) is 0 Å². The van der Waals surface area contributed by atoms with Crippen LogP contribution >= 0.6 is 0 Å². The molecular formula is C19H28O. The maximum absolute atomic E-state index is 10.6. The zero-order chi connectivity index (χ0) is 14.6. The van der Waals surface area contributed by atoms with Gasteiger partial charge in [-0.1, -0.05) is 64.0 Å². The van der Waals surface area contributed by atoms with E-state index in [0.717, 1.165) is 18.4 Å². The van der Waals surface area contributed by atoms with Crippen LogP contribution in [0.25, 0.3) is 0 Å². The molecule has 1 unspecified atom stereocenters. The second-order valence-electron chi connectivity index (χ2n) is 7.01. The second-order valence-corrected chi connectivity index (χ2v) is 7.01. The Hall–Kier alpha value is -1.08. The van der Waals surface area contributed by atoms with Crippen molar-refractivity contribution in [3.63, 3.8) is 0 Å². The predicted molar refractivity (Wildman–Crippen MR) is 85.9 cm³/mol. The Morgan fingerprint density at radius 2 is 1.60 bits per heavy atom. The largest absolute Gasteiger partial charge is 0.384 e. The van der Waals surface area contributed by atoms with E-state index in [0.29, 0.717) is 0 Å². The van der Waals surface area contributed by atoms with E-state index in [1.807, 2.05) is 0 Å². The van der Waals surface area contributed by atoms with Gasteiger partial charge in [-0.15, -0.1) is 0 Å². The summed E-state index contributed by atoms with van der Waals surface area (Å²) in [6.07, 6.45) is 9.12. The van der Waals surface area contributed by atoms with Crippen LogP contribution in [0.4, 0.5) is 0 Å². The van der Waals surface area contributed by atoms with Crippen LogP contribution < -0.4 is 0 Å². The van der Waals surface area contributed by atoms with E-state index in [4.69, 9.17) is 0 Å². The fourth-order valence-corrected chi connectivity index (χ4v) is 2.84. The van der Waals surface area contributed by atoms with E-state index in [1.165, 1.54) is 36.8 Å². The van der Waals surface area contributed by atoms with Crippen LogP contribution in [0.3, 0.4) is 0 Å². The summed E-state index contributed by atoms with van der Waals surface area (Å²) in [6.45, 7) is 6.65. The Bertz CT molecular complexity index is 448. The number of aliphatic hydroxyl groups is 1. The van der Waals surface area contributed by atoms with Crippen LogP contribution in [0, 0.1) is 0 Å². The standard InChI is InChI=1S/C19H28O/c1-19(2,3)17-13-11-16(12-14-17)18(20)15-9-7-5-4-6-8-10-15/h9,11-14,18,20H,4-8,10H2,1-3H3/b15-9+. The number of hydrogen-bond donors (Lipinski definition) is 1. The number of rotatable bonds is 2. The van der Waals surface area contributed by atoms with Gasteiger partial charge in [-0.3, -0.25) is 0 Å². The summed E-state index contributed by atoms with van der Waals surface area (Å²) in [6, 6.07) is 8.49. The van der Waals surface area contributed by atoms with Crippen molar-refractivity contribution in [2.75, 3.05) is 0 Å². The van der Waals surface area contributed by atoms with Crippen LogP contribution in [-0.2, 0) is 5.41 Å². The lowest BCUT2D eigenvalue weighted by molar-refractivity contribution is 0.209. The predicted octanol–water partition coefficient (Wildman–Crippen LogP) is 5.30. The van der Waals surface area contributed by atoms with Crippen LogP contribution in [-0.4, -0.2) is 5.11 Å². The lowest BCUT2D eigenvalue weighted by Crippen LogP contribution is -2.11. The first kappa shape index (κ1) is 15.3. The third kappa shape index (κ3) is 3.96. The van der Waals surface area contributed by atoms with Gasteiger partial charge in [-0.2, -0.15) is 0 Å². The molecule has 1 aliphatic rings. The van der Waals surface area contributed by atoms with Crippen molar-refractivity contribution >= 4 is 0 Å². The summed E-state index contributed by atoms with van der Waals surface area (Å²) in [7, 11) is 0. The summed E-state index contributed by atoms with van der Waals surface area (Å²) in [5.74, 6) is 0. The number of allylic oxidation sites excluding steroid dienone is 1. The van der Waals surface area contributed by atoms with E-state index in [9.17, 15) is 5.11 Å². The van der Waals surface area contributed by atoms with Gasteiger partial charge in [-0.25, -0.2) is 0 Å². The average Bonchev–Trinajstić information content (AvgIpc) is 2.37. The van der Waals surface area contributed by atoms with Gasteiger partial charge in [-0.05, 0) is 47.8 Å². The minimum absolute atomic E-state index is 0.170. The van der Waals surface area contributed by atoms with E-state index in [-0.39, 0.29) is 5.41 Å². The molecule has 1 atom stereocenters. The van der Waals surface area contributed by atoms with Gasteiger partial charge in [0.1, 0.15) is 6.10 Å². The molecule has 0 fully saturated rings. The maximum Gasteiger partial charge on any atom is 0.100 e. The molecule has 1 nitrogen and oxygen atoms in total. The van der Waals surface area contributed by atoms with Crippen molar-refractivity contribution in [3.05, 3.63) is 47.0 Å². The lowest BCUT2D eigenvalue weighted by atomic mass is 9.85. The van der Waals surface area contributed by atoms with Crippen LogP contribution in [0.15, 0.2) is 35.9 Å². The molecule has 1 N–H and O–H groups in total. The van der Waals surface area contributed by atoms with Gasteiger partial charge in [0, 0.05) is 0 Å². The van der Waals surface area contributed by atoms with Gasteiger partial charge in [0.25, 0.3) is 0 Å².